The third kappa shape index (κ3) is 4.58. The molecule has 1 aromatic rings. The molecule has 0 amide bonds. The Kier molecular flexibility index (Phi) is 4.71. The van der Waals surface area contributed by atoms with Gasteiger partial charge in [-0.15, -0.1) is 0 Å². The van der Waals surface area contributed by atoms with Crippen molar-refractivity contribution < 1.29 is 18.3 Å². The van der Waals surface area contributed by atoms with Gasteiger partial charge in [-0.3, -0.25) is 0 Å². The topological polar surface area (TPSA) is 62.4 Å². The first-order chi connectivity index (χ1) is 7.96. The van der Waals surface area contributed by atoms with E-state index in [2.05, 4.69) is 4.98 Å². The molecule has 4 nitrogen and oxygen atoms in total. The van der Waals surface area contributed by atoms with E-state index in [4.69, 9.17) is 10.8 Å². The van der Waals surface area contributed by atoms with Gasteiger partial charge >= 0.3 is 6.18 Å². The highest BCUT2D eigenvalue weighted by Gasteiger charge is 2.31. The molecule has 1 aromatic heterocycles. The summed E-state index contributed by atoms with van der Waals surface area (Å²) in [6, 6.07) is 4.68. The van der Waals surface area contributed by atoms with Gasteiger partial charge in [0.25, 0.3) is 0 Å². The van der Waals surface area contributed by atoms with E-state index in [9.17, 15) is 13.2 Å². The fourth-order valence-corrected chi connectivity index (χ4v) is 1.37. The van der Waals surface area contributed by atoms with Crippen LogP contribution in [0.4, 0.5) is 19.0 Å². The van der Waals surface area contributed by atoms with Crippen LogP contribution < -0.4 is 10.6 Å². The number of pyridine rings is 1. The second-order valence-electron chi connectivity index (χ2n) is 3.45. The van der Waals surface area contributed by atoms with Crippen LogP contribution in [0.3, 0.4) is 0 Å². The highest BCUT2D eigenvalue weighted by Crippen LogP contribution is 2.20. The molecule has 17 heavy (non-hydrogen) atoms. The largest absolute Gasteiger partial charge is 0.405 e. The molecule has 0 saturated carbocycles. The molecule has 7 heteroatoms. The number of aliphatic hydroxyl groups is 1. The second-order valence-corrected chi connectivity index (χ2v) is 3.45. The molecule has 0 aromatic carbocycles. The summed E-state index contributed by atoms with van der Waals surface area (Å²) in [5.41, 5.74) is 5.87. The summed E-state index contributed by atoms with van der Waals surface area (Å²) in [4.78, 5) is 4.96. The lowest BCUT2D eigenvalue weighted by Crippen LogP contribution is -2.37. The molecule has 0 atom stereocenters. The highest BCUT2D eigenvalue weighted by atomic mass is 19.4. The Balaban J connectivity index is 2.88. The van der Waals surface area contributed by atoms with Crippen LogP contribution in [0.1, 0.15) is 5.69 Å². The van der Waals surface area contributed by atoms with Gasteiger partial charge < -0.3 is 15.7 Å². The van der Waals surface area contributed by atoms with Crippen LogP contribution in [0, 0.1) is 0 Å². The SMILES string of the molecule is NCc1cccc(N(CCO)CC(F)(F)F)n1. The third-order valence-corrected chi connectivity index (χ3v) is 2.07. The molecule has 0 spiro atoms. The van der Waals surface area contributed by atoms with E-state index in [-0.39, 0.29) is 25.5 Å². The van der Waals surface area contributed by atoms with Crippen LogP contribution in [0.15, 0.2) is 18.2 Å². The number of rotatable bonds is 5. The van der Waals surface area contributed by atoms with Crippen molar-refractivity contribution in [3.8, 4) is 0 Å². The van der Waals surface area contributed by atoms with E-state index < -0.39 is 12.7 Å². The van der Waals surface area contributed by atoms with Crippen LogP contribution >= 0.6 is 0 Å². The number of hydrogen-bond donors (Lipinski definition) is 2. The first-order valence-corrected chi connectivity index (χ1v) is 5.05. The number of halogens is 3. The normalized spacial score (nSPS) is 11.6. The predicted octanol–water partition coefficient (Wildman–Crippen LogP) is 0.901. The van der Waals surface area contributed by atoms with Crippen molar-refractivity contribution >= 4 is 5.82 Å². The Hall–Kier alpha value is -1.34. The quantitative estimate of drug-likeness (QED) is 0.814. The van der Waals surface area contributed by atoms with Crippen molar-refractivity contribution in [2.45, 2.75) is 12.7 Å². The number of nitrogens with two attached hydrogens (primary N) is 1. The molecule has 3 N–H and O–H groups in total. The van der Waals surface area contributed by atoms with Gasteiger partial charge in [0.1, 0.15) is 12.4 Å². The Morgan fingerprint density at radius 3 is 2.59 bits per heavy atom. The molecular formula is C10H14F3N3O. The summed E-state index contributed by atoms with van der Waals surface area (Å²) in [6.07, 6.45) is -4.34. The third-order valence-electron chi connectivity index (χ3n) is 2.07. The number of nitrogens with zero attached hydrogens (tertiary/aromatic N) is 2. The number of alkyl halides is 3. The van der Waals surface area contributed by atoms with Crippen molar-refractivity contribution in [2.75, 3.05) is 24.6 Å². The van der Waals surface area contributed by atoms with Crippen LogP contribution in [-0.2, 0) is 6.54 Å². The van der Waals surface area contributed by atoms with Crippen LogP contribution in [0.5, 0.6) is 0 Å². The first kappa shape index (κ1) is 13.7. The number of hydrogen-bond acceptors (Lipinski definition) is 4. The Morgan fingerprint density at radius 2 is 2.06 bits per heavy atom. The van der Waals surface area contributed by atoms with Gasteiger partial charge in [-0.2, -0.15) is 13.2 Å². The highest BCUT2D eigenvalue weighted by molar-refractivity contribution is 5.39. The molecule has 0 bridgehead atoms. The minimum atomic E-state index is -4.34. The summed E-state index contributed by atoms with van der Waals surface area (Å²) in [6.45, 7) is -1.48. The van der Waals surface area contributed by atoms with Gasteiger partial charge in [0.2, 0.25) is 0 Å². The molecule has 0 aliphatic carbocycles. The molecule has 0 aliphatic heterocycles. The monoisotopic (exact) mass is 249 g/mol. The number of aliphatic hydroxyl groups excluding tert-OH is 1. The number of anilines is 1. The maximum absolute atomic E-state index is 12.3. The van der Waals surface area contributed by atoms with Crippen molar-refractivity contribution in [3.63, 3.8) is 0 Å². The van der Waals surface area contributed by atoms with E-state index in [1.165, 1.54) is 6.07 Å². The van der Waals surface area contributed by atoms with Crippen LogP contribution in [-0.4, -0.2) is 36.0 Å². The lowest BCUT2D eigenvalue weighted by Gasteiger charge is -2.24. The van der Waals surface area contributed by atoms with Gasteiger partial charge in [0.05, 0.1) is 12.3 Å². The standard InChI is InChI=1S/C10H14F3N3O/c11-10(12,13)7-16(4-5-17)9-3-1-2-8(6-14)15-9/h1-3,17H,4-7,14H2. The second kappa shape index (κ2) is 5.83. The molecule has 0 radical (unpaired) electrons. The molecule has 0 saturated heterocycles. The smallest absolute Gasteiger partial charge is 0.395 e. The van der Waals surface area contributed by atoms with E-state index in [0.29, 0.717) is 5.69 Å². The maximum Gasteiger partial charge on any atom is 0.405 e. The molecule has 0 unspecified atom stereocenters. The Bertz CT molecular complexity index is 357. The molecule has 0 fully saturated rings. The minimum Gasteiger partial charge on any atom is -0.395 e. The van der Waals surface area contributed by atoms with Crippen molar-refractivity contribution in [3.05, 3.63) is 23.9 Å². The van der Waals surface area contributed by atoms with Crippen molar-refractivity contribution in [1.82, 2.24) is 4.98 Å². The van der Waals surface area contributed by atoms with E-state index in [0.717, 1.165) is 4.90 Å². The summed E-state index contributed by atoms with van der Waals surface area (Å²) in [5.74, 6) is 0.166. The number of aromatic nitrogens is 1. The lowest BCUT2D eigenvalue weighted by molar-refractivity contribution is -0.120. The molecular weight excluding hydrogens is 235 g/mol. The van der Waals surface area contributed by atoms with E-state index >= 15 is 0 Å². The molecule has 1 rings (SSSR count). The maximum atomic E-state index is 12.3. The van der Waals surface area contributed by atoms with Gasteiger partial charge in [-0.25, -0.2) is 4.98 Å². The van der Waals surface area contributed by atoms with E-state index in [1.807, 2.05) is 0 Å². The average Bonchev–Trinajstić information content (AvgIpc) is 2.27. The fraction of sp³-hybridized carbons (Fsp3) is 0.500. The zero-order valence-corrected chi connectivity index (χ0v) is 9.11. The molecule has 1 heterocycles. The van der Waals surface area contributed by atoms with Crippen LogP contribution in [0.25, 0.3) is 0 Å². The van der Waals surface area contributed by atoms with Gasteiger partial charge in [0.15, 0.2) is 0 Å². The Morgan fingerprint density at radius 1 is 1.35 bits per heavy atom. The lowest BCUT2D eigenvalue weighted by atomic mass is 10.3. The fourth-order valence-electron chi connectivity index (χ4n) is 1.37. The summed E-state index contributed by atoms with van der Waals surface area (Å²) in [7, 11) is 0. The van der Waals surface area contributed by atoms with Gasteiger partial charge in [0, 0.05) is 13.1 Å². The first-order valence-electron chi connectivity index (χ1n) is 5.05. The summed E-state index contributed by atoms with van der Waals surface area (Å²) >= 11 is 0. The molecule has 0 aliphatic rings. The van der Waals surface area contributed by atoms with E-state index in [1.54, 1.807) is 12.1 Å². The van der Waals surface area contributed by atoms with Crippen molar-refractivity contribution in [2.24, 2.45) is 5.73 Å². The van der Waals surface area contributed by atoms with Crippen molar-refractivity contribution in [1.29, 1.82) is 0 Å². The van der Waals surface area contributed by atoms with Crippen LogP contribution in [0.2, 0.25) is 0 Å². The minimum absolute atomic E-state index is 0.124. The summed E-state index contributed by atoms with van der Waals surface area (Å²) in [5, 5.41) is 8.76. The summed E-state index contributed by atoms with van der Waals surface area (Å²) < 4.78 is 37.0. The zero-order chi connectivity index (χ0) is 12.9. The average molecular weight is 249 g/mol. The Labute approximate surface area is 96.9 Å². The van der Waals surface area contributed by atoms with Gasteiger partial charge in [-0.05, 0) is 12.1 Å². The predicted molar refractivity (Wildman–Crippen MR) is 57.5 cm³/mol. The zero-order valence-electron chi connectivity index (χ0n) is 9.11. The van der Waals surface area contributed by atoms with Gasteiger partial charge in [-0.1, -0.05) is 6.07 Å². The molecule has 96 valence electrons.